The Kier molecular flexibility index (Phi) is 4.95. The first kappa shape index (κ1) is 11.8. The van der Waals surface area contributed by atoms with Gasteiger partial charge in [-0.15, -0.1) is 6.58 Å². The SMILES string of the molecule is C=CCCCCCNc1cn(C)nc1C. The maximum absolute atomic E-state index is 4.28. The molecule has 0 bridgehead atoms. The quantitative estimate of drug-likeness (QED) is 0.550. The van der Waals surface area contributed by atoms with Crippen molar-refractivity contribution in [1.29, 1.82) is 0 Å². The molecule has 1 aromatic rings. The summed E-state index contributed by atoms with van der Waals surface area (Å²) in [5.41, 5.74) is 2.23. The minimum absolute atomic E-state index is 1.03. The summed E-state index contributed by atoms with van der Waals surface area (Å²) < 4.78 is 1.84. The highest BCUT2D eigenvalue weighted by Gasteiger charge is 2.00. The van der Waals surface area contributed by atoms with Crippen molar-refractivity contribution in [3.05, 3.63) is 24.5 Å². The van der Waals surface area contributed by atoms with E-state index in [0.29, 0.717) is 0 Å². The minimum atomic E-state index is 1.03. The normalized spacial score (nSPS) is 10.3. The van der Waals surface area contributed by atoms with E-state index in [0.717, 1.165) is 24.3 Å². The fourth-order valence-corrected chi connectivity index (χ4v) is 1.59. The third-order valence-corrected chi connectivity index (χ3v) is 2.41. The van der Waals surface area contributed by atoms with E-state index in [1.165, 1.54) is 19.3 Å². The second-order valence-electron chi connectivity index (χ2n) is 3.87. The van der Waals surface area contributed by atoms with Gasteiger partial charge in [0.05, 0.1) is 11.4 Å². The molecular formula is C12H21N3. The number of nitrogens with one attached hydrogen (secondary N) is 1. The highest BCUT2D eigenvalue weighted by atomic mass is 15.3. The van der Waals surface area contributed by atoms with Gasteiger partial charge in [-0.3, -0.25) is 4.68 Å². The maximum atomic E-state index is 4.28. The second kappa shape index (κ2) is 6.27. The van der Waals surface area contributed by atoms with E-state index < -0.39 is 0 Å². The van der Waals surface area contributed by atoms with Crippen molar-refractivity contribution in [3.8, 4) is 0 Å². The van der Waals surface area contributed by atoms with Gasteiger partial charge in [0.15, 0.2) is 0 Å². The number of allylic oxidation sites excluding steroid dienone is 1. The van der Waals surface area contributed by atoms with Crippen LogP contribution in [0.2, 0.25) is 0 Å². The molecule has 0 radical (unpaired) electrons. The first-order valence-electron chi connectivity index (χ1n) is 5.59. The summed E-state index contributed by atoms with van der Waals surface area (Å²) in [4.78, 5) is 0. The summed E-state index contributed by atoms with van der Waals surface area (Å²) in [6, 6.07) is 0. The van der Waals surface area contributed by atoms with E-state index >= 15 is 0 Å². The van der Waals surface area contributed by atoms with Crippen molar-refractivity contribution in [2.24, 2.45) is 7.05 Å². The summed E-state index contributed by atoms with van der Waals surface area (Å²) in [6.45, 7) is 6.77. The number of aryl methyl sites for hydroxylation is 2. The Bertz CT molecular complexity index is 302. The molecule has 1 aromatic heterocycles. The average molecular weight is 207 g/mol. The van der Waals surface area contributed by atoms with Crippen LogP contribution in [0.4, 0.5) is 5.69 Å². The monoisotopic (exact) mass is 207 g/mol. The summed E-state index contributed by atoms with van der Waals surface area (Å²) in [7, 11) is 1.95. The van der Waals surface area contributed by atoms with Crippen molar-refractivity contribution in [1.82, 2.24) is 9.78 Å². The number of hydrogen-bond donors (Lipinski definition) is 1. The summed E-state index contributed by atoms with van der Waals surface area (Å²) in [5, 5.41) is 7.68. The molecule has 0 saturated carbocycles. The lowest BCUT2D eigenvalue weighted by molar-refractivity contribution is 0.708. The van der Waals surface area contributed by atoms with Gasteiger partial charge >= 0.3 is 0 Å². The fourth-order valence-electron chi connectivity index (χ4n) is 1.59. The molecular weight excluding hydrogens is 186 g/mol. The van der Waals surface area contributed by atoms with Crippen LogP contribution >= 0.6 is 0 Å². The maximum Gasteiger partial charge on any atom is 0.0824 e. The molecule has 0 saturated heterocycles. The van der Waals surface area contributed by atoms with Gasteiger partial charge in [0.1, 0.15) is 0 Å². The number of unbranched alkanes of at least 4 members (excludes halogenated alkanes) is 3. The number of hydrogen-bond acceptors (Lipinski definition) is 2. The molecule has 1 N–H and O–H groups in total. The van der Waals surface area contributed by atoms with E-state index in [2.05, 4.69) is 17.0 Å². The Labute approximate surface area is 92.2 Å². The molecule has 15 heavy (non-hydrogen) atoms. The highest BCUT2D eigenvalue weighted by Crippen LogP contribution is 2.11. The number of rotatable bonds is 7. The van der Waals surface area contributed by atoms with Crippen LogP contribution in [-0.2, 0) is 7.05 Å². The van der Waals surface area contributed by atoms with Crippen LogP contribution in [0.5, 0.6) is 0 Å². The number of nitrogens with zero attached hydrogens (tertiary/aromatic N) is 2. The van der Waals surface area contributed by atoms with E-state index in [1.807, 2.05) is 30.9 Å². The Morgan fingerprint density at radius 2 is 2.27 bits per heavy atom. The molecule has 0 atom stereocenters. The van der Waals surface area contributed by atoms with E-state index in [1.54, 1.807) is 0 Å². The average Bonchev–Trinajstić information content (AvgIpc) is 2.51. The van der Waals surface area contributed by atoms with Gasteiger partial charge in [-0.05, 0) is 26.2 Å². The van der Waals surface area contributed by atoms with Crippen molar-refractivity contribution >= 4 is 5.69 Å². The Hall–Kier alpha value is -1.25. The lowest BCUT2D eigenvalue weighted by atomic mass is 10.2. The van der Waals surface area contributed by atoms with Crippen LogP contribution in [0.1, 0.15) is 31.4 Å². The fraction of sp³-hybridized carbons (Fsp3) is 0.583. The molecule has 0 amide bonds. The Morgan fingerprint density at radius 3 is 2.87 bits per heavy atom. The third kappa shape index (κ3) is 4.19. The van der Waals surface area contributed by atoms with Gasteiger partial charge in [0.25, 0.3) is 0 Å². The highest BCUT2D eigenvalue weighted by molar-refractivity contribution is 5.45. The molecule has 0 aliphatic carbocycles. The van der Waals surface area contributed by atoms with Crippen LogP contribution in [0.25, 0.3) is 0 Å². The predicted molar refractivity (Wildman–Crippen MR) is 65.1 cm³/mol. The van der Waals surface area contributed by atoms with Gasteiger partial charge in [0, 0.05) is 19.8 Å². The summed E-state index contributed by atoms with van der Waals surface area (Å²) >= 11 is 0. The van der Waals surface area contributed by atoms with Gasteiger partial charge in [-0.1, -0.05) is 12.5 Å². The molecule has 1 rings (SSSR count). The second-order valence-corrected chi connectivity index (χ2v) is 3.87. The summed E-state index contributed by atoms with van der Waals surface area (Å²) in [5.74, 6) is 0. The van der Waals surface area contributed by atoms with Gasteiger partial charge in [-0.25, -0.2) is 0 Å². The van der Waals surface area contributed by atoms with E-state index in [-0.39, 0.29) is 0 Å². The zero-order valence-corrected chi connectivity index (χ0v) is 9.79. The number of anilines is 1. The van der Waals surface area contributed by atoms with Crippen LogP contribution in [0, 0.1) is 6.92 Å². The molecule has 1 heterocycles. The third-order valence-electron chi connectivity index (χ3n) is 2.41. The first-order valence-corrected chi connectivity index (χ1v) is 5.59. The Balaban J connectivity index is 2.14. The molecule has 0 spiro atoms. The summed E-state index contributed by atoms with van der Waals surface area (Å²) in [6.07, 6.45) is 8.86. The van der Waals surface area contributed by atoms with Crippen molar-refractivity contribution in [3.63, 3.8) is 0 Å². The lowest BCUT2D eigenvalue weighted by Gasteiger charge is -2.03. The van der Waals surface area contributed by atoms with Crippen molar-refractivity contribution in [2.45, 2.75) is 32.6 Å². The molecule has 84 valence electrons. The topological polar surface area (TPSA) is 29.9 Å². The van der Waals surface area contributed by atoms with E-state index in [4.69, 9.17) is 0 Å². The molecule has 0 aliphatic rings. The lowest BCUT2D eigenvalue weighted by Crippen LogP contribution is -2.01. The van der Waals surface area contributed by atoms with Gasteiger partial charge in [0.2, 0.25) is 0 Å². The number of aromatic nitrogens is 2. The van der Waals surface area contributed by atoms with Crippen molar-refractivity contribution < 1.29 is 0 Å². The van der Waals surface area contributed by atoms with Crippen LogP contribution in [0.3, 0.4) is 0 Å². The molecule has 0 aromatic carbocycles. The molecule has 0 aliphatic heterocycles. The van der Waals surface area contributed by atoms with Crippen LogP contribution in [-0.4, -0.2) is 16.3 Å². The Morgan fingerprint density at radius 1 is 1.47 bits per heavy atom. The molecule has 0 fully saturated rings. The van der Waals surface area contributed by atoms with Gasteiger partial charge in [-0.2, -0.15) is 5.10 Å². The van der Waals surface area contributed by atoms with Gasteiger partial charge < -0.3 is 5.32 Å². The van der Waals surface area contributed by atoms with Crippen molar-refractivity contribution in [2.75, 3.05) is 11.9 Å². The smallest absolute Gasteiger partial charge is 0.0824 e. The largest absolute Gasteiger partial charge is 0.382 e. The molecule has 3 nitrogen and oxygen atoms in total. The van der Waals surface area contributed by atoms with E-state index in [9.17, 15) is 0 Å². The molecule has 3 heteroatoms. The predicted octanol–water partition coefficient (Wildman–Crippen LogP) is 2.89. The first-order chi connectivity index (χ1) is 7.24. The van der Waals surface area contributed by atoms with Crippen LogP contribution in [0.15, 0.2) is 18.9 Å². The van der Waals surface area contributed by atoms with Crippen LogP contribution < -0.4 is 5.32 Å². The standard InChI is InChI=1S/C12H21N3/c1-4-5-6-7-8-9-13-12-10-15(3)14-11(12)2/h4,10,13H,1,5-9H2,2-3H3. The zero-order chi connectivity index (χ0) is 11.1. The molecule has 0 unspecified atom stereocenters. The minimum Gasteiger partial charge on any atom is -0.382 e. The zero-order valence-electron chi connectivity index (χ0n) is 9.79.